The number of halogens is 3. The number of anilines is 2. The summed E-state index contributed by atoms with van der Waals surface area (Å²) < 4.78 is 30.8. The Morgan fingerprint density at radius 1 is 1.25 bits per heavy atom. The first-order valence-corrected chi connectivity index (χ1v) is 12.2. The molecule has 190 valence electrons. The van der Waals surface area contributed by atoms with E-state index in [4.69, 9.17) is 11.6 Å². The highest BCUT2D eigenvalue weighted by molar-refractivity contribution is 6.34. The summed E-state index contributed by atoms with van der Waals surface area (Å²) in [5.41, 5.74) is 1.88. The molecular formula is C27H29ClF2N4O2. The summed E-state index contributed by atoms with van der Waals surface area (Å²) in [6.07, 6.45) is 2.70. The molecule has 1 fully saturated rings. The van der Waals surface area contributed by atoms with E-state index in [1.54, 1.807) is 43.1 Å². The fourth-order valence-electron chi connectivity index (χ4n) is 4.97. The van der Waals surface area contributed by atoms with Crippen LogP contribution in [-0.4, -0.2) is 61.3 Å². The lowest BCUT2D eigenvalue weighted by Gasteiger charge is -2.45. The van der Waals surface area contributed by atoms with E-state index in [0.717, 1.165) is 6.29 Å². The highest BCUT2D eigenvalue weighted by atomic mass is 35.5. The van der Waals surface area contributed by atoms with E-state index in [-0.39, 0.29) is 40.2 Å². The number of benzene rings is 2. The predicted octanol–water partition coefficient (Wildman–Crippen LogP) is 5.22. The van der Waals surface area contributed by atoms with Crippen LogP contribution in [0, 0.1) is 18.6 Å². The van der Waals surface area contributed by atoms with Gasteiger partial charge in [-0.3, -0.25) is 9.78 Å². The van der Waals surface area contributed by atoms with Crippen molar-refractivity contribution in [3.63, 3.8) is 0 Å². The maximum atomic E-state index is 16.1. The van der Waals surface area contributed by atoms with Crippen molar-refractivity contribution in [1.82, 2.24) is 9.88 Å². The lowest BCUT2D eigenvalue weighted by atomic mass is 9.96. The summed E-state index contributed by atoms with van der Waals surface area (Å²) in [6, 6.07) is 5.30. The van der Waals surface area contributed by atoms with Gasteiger partial charge in [-0.15, -0.1) is 0 Å². The van der Waals surface area contributed by atoms with Crippen molar-refractivity contribution in [2.75, 3.05) is 37.0 Å². The van der Waals surface area contributed by atoms with E-state index in [1.807, 2.05) is 30.8 Å². The Morgan fingerprint density at radius 2 is 1.97 bits per heavy atom. The Morgan fingerprint density at radius 3 is 2.58 bits per heavy atom. The lowest BCUT2D eigenvalue weighted by Crippen LogP contribution is -2.60. The molecule has 4 rings (SSSR count). The summed E-state index contributed by atoms with van der Waals surface area (Å²) in [6.45, 7) is 5.99. The molecule has 6 nitrogen and oxygen atoms in total. The molecule has 2 aromatic carbocycles. The summed E-state index contributed by atoms with van der Waals surface area (Å²) in [5, 5.41) is 0.457. The van der Waals surface area contributed by atoms with Gasteiger partial charge in [-0.1, -0.05) is 30.7 Å². The third-order valence-electron chi connectivity index (χ3n) is 6.80. The second-order valence-electron chi connectivity index (χ2n) is 9.37. The number of aryl methyl sites for hydroxylation is 1. The van der Waals surface area contributed by atoms with Crippen LogP contribution in [-0.2, 0) is 9.59 Å². The number of aldehydes is 1. The molecule has 1 aromatic heterocycles. The summed E-state index contributed by atoms with van der Waals surface area (Å²) in [7, 11) is 3.66. The number of pyridine rings is 1. The van der Waals surface area contributed by atoms with Crippen molar-refractivity contribution >= 4 is 46.1 Å². The summed E-state index contributed by atoms with van der Waals surface area (Å²) in [4.78, 5) is 34.5. The van der Waals surface area contributed by atoms with Crippen molar-refractivity contribution < 1.29 is 18.4 Å². The van der Waals surface area contributed by atoms with Gasteiger partial charge in [-0.2, -0.15) is 0 Å². The fraction of sp³-hybridized carbons (Fsp3) is 0.370. The molecule has 2 atom stereocenters. The second kappa shape index (κ2) is 10.0. The molecule has 9 heteroatoms. The average molecular weight is 515 g/mol. The summed E-state index contributed by atoms with van der Waals surface area (Å²) in [5.74, 6) is -1.33. The fourth-order valence-corrected chi connectivity index (χ4v) is 5.26. The number of nitrogens with zero attached hydrogens (tertiary/aromatic N) is 4. The monoisotopic (exact) mass is 514 g/mol. The van der Waals surface area contributed by atoms with E-state index in [0.29, 0.717) is 35.3 Å². The highest BCUT2D eigenvalue weighted by Crippen LogP contribution is 2.44. The minimum absolute atomic E-state index is 0.0274. The van der Waals surface area contributed by atoms with E-state index < -0.39 is 17.7 Å². The Bertz CT molecular complexity index is 1330. The molecule has 0 aliphatic carbocycles. The molecule has 1 amide bonds. The second-order valence-corrected chi connectivity index (χ2v) is 9.77. The largest absolute Gasteiger partial charge is 0.375 e. The molecule has 0 saturated carbocycles. The number of aromatic nitrogens is 1. The van der Waals surface area contributed by atoms with Crippen LogP contribution < -0.4 is 9.80 Å². The maximum absolute atomic E-state index is 16.1. The minimum Gasteiger partial charge on any atom is -0.375 e. The van der Waals surface area contributed by atoms with E-state index in [2.05, 4.69) is 4.98 Å². The van der Waals surface area contributed by atoms with Gasteiger partial charge in [-0.05, 0) is 31.5 Å². The third-order valence-corrected chi connectivity index (χ3v) is 7.10. The molecule has 0 spiro atoms. The standard InChI is InChI=1S/C27H29ClF2N4O2/c1-6-22(36)33-13-17(14-35)34(12-16(33)3)27-18-10-19(28)24(23-15(2)8-7-9-20(23)29)25(30)26(18)31-11-21(27)32(4)5/h7-11,14,16-17H,6,12-13H2,1-5H3/t16-,17-/m1/s1. The molecule has 1 aliphatic rings. The molecule has 0 bridgehead atoms. The zero-order valence-corrected chi connectivity index (χ0v) is 21.7. The van der Waals surface area contributed by atoms with Crippen LogP contribution in [0.3, 0.4) is 0 Å². The van der Waals surface area contributed by atoms with Crippen molar-refractivity contribution in [2.24, 2.45) is 0 Å². The highest BCUT2D eigenvalue weighted by Gasteiger charge is 2.36. The molecule has 0 N–H and O–H groups in total. The minimum atomic E-state index is -0.729. The van der Waals surface area contributed by atoms with E-state index >= 15 is 4.39 Å². The molecule has 36 heavy (non-hydrogen) atoms. The number of fused-ring (bicyclic) bond motifs is 1. The molecule has 1 saturated heterocycles. The zero-order valence-electron chi connectivity index (χ0n) is 21.0. The first kappa shape index (κ1) is 25.8. The first-order chi connectivity index (χ1) is 17.1. The van der Waals surface area contributed by atoms with Gasteiger partial charge in [0.05, 0.1) is 22.6 Å². The van der Waals surface area contributed by atoms with Crippen LogP contribution in [0.5, 0.6) is 0 Å². The zero-order chi connectivity index (χ0) is 26.3. The third kappa shape index (κ3) is 4.28. The Kier molecular flexibility index (Phi) is 7.18. The van der Waals surface area contributed by atoms with Gasteiger partial charge in [0.15, 0.2) is 5.82 Å². The Balaban J connectivity index is 1.97. The van der Waals surface area contributed by atoms with Gasteiger partial charge >= 0.3 is 0 Å². The van der Waals surface area contributed by atoms with Crippen LogP contribution in [0.2, 0.25) is 5.02 Å². The van der Waals surface area contributed by atoms with Gasteiger partial charge in [0, 0.05) is 56.2 Å². The number of carbonyl (C=O) groups excluding carboxylic acids is 2. The van der Waals surface area contributed by atoms with Gasteiger partial charge in [0.1, 0.15) is 23.7 Å². The van der Waals surface area contributed by atoms with Gasteiger partial charge in [-0.25, -0.2) is 8.78 Å². The van der Waals surface area contributed by atoms with Crippen LogP contribution in [0.4, 0.5) is 20.2 Å². The first-order valence-electron chi connectivity index (χ1n) is 11.9. The van der Waals surface area contributed by atoms with Crippen molar-refractivity contribution in [2.45, 2.75) is 39.3 Å². The average Bonchev–Trinajstić information content (AvgIpc) is 2.84. The summed E-state index contributed by atoms with van der Waals surface area (Å²) >= 11 is 6.62. The molecule has 3 aromatic rings. The molecule has 2 heterocycles. The predicted molar refractivity (Wildman–Crippen MR) is 140 cm³/mol. The van der Waals surface area contributed by atoms with Crippen molar-refractivity contribution in [3.8, 4) is 11.1 Å². The van der Waals surface area contributed by atoms with Crippen molar-refractivity contribution in [1.29, 1.82) is 0 Å². The van der Waals surface area contributed by atoms with E-state index in [1.165, 1.54) is 6.07 Å². The number of rotatable bonds is 5. The quantitative estimate of drug-likeness (QED) is 0.437. The van der Waals surface area contributed by atoms with Crippen LogP contribution in [0.15, 0.2) is 30.5 Å². The van der Waals surface area contributed by atoms with Gasteiger partial charge < -0.3 is 19.5 Å². The number of carbonyl (C=O) groups is 2. The normalized spacial score (nSPS) is 18.0. The van der Waals surface area contributed by atoms with Gasteiger partial charge in [0.25, 0.3) is 0 Å². The van der Waals surface area contributed by atoms with Crippen LogP contribution in [0.25, 0.3) is 22.0 Å². The Labute approximate surface area is 214 Å². The van der Waals surface area contributed by atoms with Crippen molar-refractivity contribution in [3.05, 3.63) is 52.7 Å². The molecular weight excluding hydrogens is 486 g/mol. The van der Waals surface area contributed by atoms with Crippen LogP contribution >= 0.6 is 11.6 Å². The maximum Gasteiger partial charge on any atom is 0.222 e. The SMILES string of the molecule is CCC(=O)N1C[C@H](C=O)N(c2c(N(C)C)cnc3c(F)c(-c4c(C)cccc4F)c(Cl)cc23)C[C@H]1C. The van der Waals surface area contributed by atoms with Gasteiger partial charge in [0.2, 0.25) is 5.91 Å². The number of piperazine rings is 1. The molecule has 1 aliphatic heterocycles. The molecule has 0 unspecified atom stereocenters. The smallest absolute Gasteiger partial charge is 0.222 e. The number of hydrogen-bond acceptors (Lipinski definition) is 5. The molecule has 0 radical (unpaired) electrons. The lowest BCUT2D eigenvalue weighted by molar-refractivity contribution is -0.134. The topological polar surface area (TPSA) is 56.8 Å². The van der Waals surface area contributed by atoms with Crippen LogP contribution in [0.1, 0.15) is 25.8 Å². The van der Waals surface area contributed by atoms with E-state index in [9.17, 15) is 14.0 Å². The number of amides is 1. The Hall–Kier alpha value is -3.26. The number of hydrogen-bond donors (Lipinski definition) is 0.